The number of carbonyl (C=O) groups excluding carboxylic acids is 2. The van der Waals surface area contributed by atoms with Gasteiger partial charge in [0.25, 0.3) is 0 Å². The molecule has 120 valence electrons. The van der Waals surface area contributed by atoms with Gasteiger partial charge in [0.2, 0.25) is 11.8 Å². The van der Waals surface area contributed by atoms with E-state index in [4.69, 9.17) is 0 Å². The lowest BCUT2D eigenvalue weighted by molar-refractivity contribution is -0.132. The van der Waals surface area contributed by atoms with Crippen LogP contribution in [0.2, 0.25) is 0 Å². The number of carbonyl (C=O) groups is 2. The minimum Gasteiger partial charge on any atom is -0.340 e. The molecule has 1 heterocycles. The lowest BCUT2D eigenvalue weighted by Gasteiger charge is -2.32. The van der Waals surface area contributed by atoms with E-state index in [0.717, 1.165) is 37.4 Å². The molecule has 2 N–H and O–H groups in total. The molecule has 0 radical (unpaired) electrons. The molecule has 1 aromatic carbocycles. The second kappa shape index (κ2) is 7.91. The molecule has 1 saturated heterocycles. The molecule has 2 amide bonds. The van der Waals surface area contributed by atoms with E-state index in [9.17, 15) is 9.59 Å². The van der Waals surface area contributed by atoms with Crippen LogP contribution in [0.25, 0.3) is 0 Å². The number of hydrogen-bond donors (Lipinski definition) is 2. The first-order chi connectivity index (χ1) is 10.6. The third kappa shape index (κ3) is 4.82. The normalized spacial score (nSPS) is 15.6. The maximum atomic E-state index is 12.3. The number of piperazine rings is 1. The zero-order chi connectivity index (χ0) is 15.9. The lowest BCUT2D eigenvalue weighted by Crippen LogP contribution is -2.47. The van der Waals surface area contributed by atoms with E-state index >= 15 is 0 Å². The summed E-state index contributed by atoms with van der Waals surface area (Å²) >= 11 is 0. The van der Waals surface area contributed by atoms with Crippen LogP contribution >= 0.6 is 0 Å². The Balaban J connectivity index is 1.85. The van der Waals surface area contributed by atoms with Gasteiger partial charge < -0.3 is 20.4 Å². The van der Waals surface area contributed by atoms with Crippen molar-refractivity contribution in [3.63, 3.8) is 0 Å². The van der Waals surface area contributed by atoms with Crippen LogP contribution in [0.1, 0.15) is 5.56 Å². The molecule has 0 saturated carbocycles. The molecular formula is C16H24N4O2. The molecule has 0 aromatic heterocycles. The summed E-state index contributed by atoms with van der Waals surface area (Å²) < 4.78 is 0. The fraction of sp³-hybridized carbons (Fsp3) is 0.500. The van der Waals surface area contributed by atoms with Gasteiger partial charge in [-0.2, -0.15) is 0 Å². The maximum Gasteiger partial charge on any atom is 0.238 e. The smallest absolute Gasteiger partial charge is 0.238 e. The predicted molar refractivity (Wildman–Crippen MR) is 86.8 cm³/mol. The summed E-state index contributed by atoms with van der Waals surface area (Å²) in [6.45, 7) is 3.75. The fourth-order valence-electron chi connectivity index (χ4n) is 2.41. The monoisotopic (exact) mass is 304 g/mol. The Morgan fingerprint density at radius 3 is 2.32 bits per heavy atom. The van der Waals surface area contributed by atoms with Gasteiger partial charge in [-0.3, -0.25) is 9.59 Å². The maximum absolute atomic E-state index is 12.3. The average molecular weight is 304 g/mol. The van der Waals surface area contributed by atoms with Crippen molar-refractivity contribution in [3.05, 3.63) is 29.8 Å². The van der Waals surface area contributed by atoms with Crippen LogP contribution in [-0.4, -0.2) is 68.4 Å². The van der Waals surface area contributed by atoms with E-state index in [1.165, 1.54) is 0 Å². The van der Waals surface area contributed by atoms with Crippen LogP contribution in [0.3, 0.4) is 0 Å². The molecule has 0 aliphatic carbocycles. The zero-order valence-corrected chi connectivity index (χ0v) is 13.3. The first kappa shape index (κ1) is 16.5. The molecule has 0 bridgehead atoms. The third-order valence-electron chi connectivity index (χ3n) is 3.79. The Bertz CT molecular complexity index is 507. The van der Waals surface area contributed by atoms with E-state index in [-0.39, 0.29) is 18.4 Å². The van der Waals surface area contributed by atoms with Crippen molar-refractivity contribution in [1.29, 1.82) is 0 Å². The molecule has 6 nitrogen and oxygen atoms in total. The van der Waals surface area contributed by atoms with Crippen LogP contribution in [0.5, 0.6) is 0 Å². The number of nitrogens with zero attached hydrogens (tertiary/aromatic N) is 2. The van der Waals surface area contributed by atoms with Crippen molar-refractivity contribution >= 4 is 17.5 Å². The van der Waals surface area contributed by atoms with Gasteiger partial charge in [0.15, 0.2) is 0 Å². The van der Waals surface area contributed by atoms with Crippen LogP contribution in [0.15, 0.2) is 24.3 Å². The van der Waals surface area contributed by atoms with Gasteiger partial charge in [0.1, 0.15) is 0 Å². The first-order valence-electron chi connectivity index (χ1n) is 7.58. The van der Waals surface area contributed by atoms with Crippen LogP contribution < -0.4 is 10.6 Å². The number of benzene rings is 1. The van der Waals surface area contributed by atoms with Crippen LogP contribution in [0, 0.1) is 0 Å². The Morgan fingerprint density at radius 1 is 1.09 bits per heavy atom. The first-order valence-corrected chi connectivity index (χ1v) is 7.58. The Hall–Kier alpha value is -1.92. The largest absolute Gasteiger partial charge is 0.340 e. The molecule has 0 unspecified atom stereocenters. The molecule has 0 atom stereocenters. The highest BCUT2D eigenvalue weighted by molar-refractivity contribution is 5.92. The molecule has 1 aliphatic rings. The number of amides is 2. The van der Waals surface area contributed by atoms with E-state index in [1.807, 2.05) is 29.2 Å². The van der Waals surface area contributed by atoms with Crippen molar-refractivity contribution in [2.75, 3.05) is 52.1 Å². The summed E-state index contributed by atoms with van der Waals surface area (Å²) in [5, 5.41) is 5.59. The van der Waals surface area contributed by atoms with E-state index in [2.05, 4.69) is 22.6 Å². The molecular weight excluding hydrogens is 280 g/mol. The van der Waals surface area contributed by atoms with Gasteiger partial charge >= 0.3 is 0 Å². The number of rotatable bonds is 5. The van der Waals surface area contributed by atoms with Gasteiger partial charge in [0, 0.05) is 31.9 Å². The third-order valence-corrected chi connectivity index (χ3v) is 3.79. The summed E-state index contributed by atoms with van der Waals surface area (Å²) in [4.78, 5) is 27.9. The van der Waals surface area contributed by atoms with E-state index in [1.54, 1.807) is 7.05 Å². The Labute approximate surface area is 131 Å². The zero-order valence-electron chi connectivity index (χ0n) is 13.3. The van der Waals surface area contributed by atoms with Crippen molar-refractivity contribution in [2.24, 2.45) is 0 Å². The highest BCUT2D eigenvalue weighted by Gasteiger charge is 2.18. The molecule has 1 aromatic rings. The second-order valence-electron chi connectivity index (χ2n) is 5.64. The highest BCUT2D eigenvalue weighted by Crippen LogP contribution is 2.11. The van der Waals surface area contributed by atoms with E-state index in [0.29, 0.717) is 6.42 Å². The lowest BCUT2D eigenvalue weighted by atomic mass is 10.1. The predicted octanol–water partition coefficient (Wildman–Crippen LogP) is 0.161. The molecule has 2 rings (SSSR count). The van der Waals surface area contributed by atoms with Crippen LogP contribution in [-0.2, 0) is 16.0 Å². The SMILES string of the molecule is CNCC(=O)Nc1ccc(CC(=O)N2CCN(C)CC2)cc1. The minimum atomic E-state index is -0.0798. The summed E-state index contributed by atoms with van der Waals surface area (Å²) in [5.74, 6) is 0.0869. The van der Waals surface area contributed by atoms with Crippen molar-refractivity contribution in [3.8, 4) is 0 Å². The van der Waals surface area contributed by atoms with Gasteiger partial charge in [0.05, 0.1) is 13.0 Å². The number of anilines is 1. The molecule has 6 heteroatoms. The van der Waals surface area contributed by atoms with E-state index < -0.39 is 0 Å². The number of nitrogens with one attached hydrogen (secondary N) is 2. The molecule has 1 aliphatic heterocycles. The number of likely N-dealkylation sites (N-methyl/N-ethyl adjacent to an activating group) is 2. The molecule has 1 fully saturated rings. The average Bonchev–Trinajstić information content (AvgIpc) is 2.50. The van der Waals surface area contributed by atoms with Crippen LogP contribution in [0.4, 0.5) is 5.69 Å². The molecule has 22 heavy (non-hydrogen) atoms. The molecule has 0 spiro atoms. The summed E-state index contributed by atoms with van der Waals surface area (Å²) in [6.07, 6.45) is 0.411. The fourth-order valence-corrected chi connectivity index (χ4v) is 2.41. The second-order valence-corrected chi connectivity index (χ2v) is 5.64. The van der Waals surface area contributed by atoms with Crippen molar-refractivity contribution < 1.29 is 9.59 Å². The summed E-state index contributed by atoms with van der Waals surface area (Å²) in [5.41, 5.74) is 1.71. The van der Waals surface area contributed by atoms with Gasteiger partial charge in [-0.25, -0.2) is 0 Å². The Kier molecular flexibility index (Phi) is 5.91. The summed E-state index contributed by atoms with van der Waals surface area (Å²) in [7, 11) is 3.80. The standard InChI is InChI=1S/C16H24N4O2/c1-17-12-15(21)18-14-5-3-13(4-6-14)11-16(22)20-9-7-19(2)8-10-20/h3-6,17H,7-12H2,1-2H3,(H,18,21). The van der Waals surface area contributed by atoms with Crippen molar-refractivity contribution in [1.82, 2.24) is 15.1 Å². The summed E-state index contributed by atoms with van der Waals surface area (Å²) in [6, 6.07) is 7.45. The topological polar surface area (TPSA) is 64.7 Å². The van der Waals surface area contributed by atoms with Gasteiger partial charge in [-0.15, -0.1) is 0 Å². The minimum absolute atomic E-state index is 0.0798. The number of hydrogen-bond acceptors (Lipinski definition) is 4. The van der Waals surface area contributed by atoms with Crippen molar-refractivity contribution in [2.45, 2.75) is 6.42 Å². The Morgan fingerprint density at radius 2 is 1.73 bits per heavy atom. The van der Waals surface area contributed by atoms with Gasteiger partial charge in [-0.05, 0) is 31.8 Å². The quantitative estimate of drug-likeness (QED) is 0.813. The van der Waals surface area contributed by atoms with Gasteiger partial charge in [-0.1, -0.05) is 12.1 Å². The highest BCUT2D eigenvalue weighted by atomic mass is 16.2.